The number of carbonyl (C=O) groups excluding carboxylic acids is 3. The number of rotatable bonds is 16. The predicted molar refractivity (Wildman–Crippen MR) is 199 cm³/mol. The molecule has 4 atom stereocenters. The van der Waals surface area contributed by atoms with Crippen molar-refractivity contribution in [2.45, 2.75) is 96.7 Å². The van der Waals surface area contributed by atoms with Crippen LogP contribution in [0.15, 0.2) is 103 Å². The topological polar surface area (TPSA) is 152 Å². The molecule has 0 saturated heterocycles. The van der Waals surface area contributed by atoms with Gasteiger partial charge < -0.3 is 30.5 Å². The normalized spacial score (nSPS) is 13.7. The minimum atomic E-state index is -1.08. The van der Waals surface area contributed by atoms with E-state index < -0.39 is 42.3 Å². The molecular formula is C41H51N5O6. The summed E-state index contributed by atoms with van der Waals surface area (Å²) in [7, 11) is 0. The van der Waals surface area contributed by atoms with Crippen molar-refractivity contribution in [3.8, 4) is 0 Å². The van der Waals surface area contributed by atoms with Crippen molar-refractivity contribution in [3.63, 3.8) is 0 Å². The Kier molecular flexibility index (Phi) is 14.7. The predicted octanol–water partition coefficient (Wildman–Crippen LogP) is 6.04. The number of ether oxygens (including phenoxy) is 2. The van der Waals surface area contributed by atoms with E-state index in [2.05, 4.69) is 46.7 Å². The maximum Gasteiger partial charge on any atom is 0.408 e. The van der Waals surface area contributed by atoms with Gasteiger partial charge in [-0.3, -0.25) is 14.8 Å². The van der Waals surface area contributed by atoms with Gasteiger partial charge in [-0.25, -0.2) is 9.59 Å². The number of nitrogens with one attached hydrogen (secondary N) is 3. The molecule has 2 aromatic heterocycles. The minimum Gasteiger partial charge on any atom is -0.445 e. The Morgan fingerprint density at radius 3 is 1.96 bits per heavy atom. The number of carbonyl (C=O) groups is 3. The smallest absolute Gasteiger partial charge is 0.408 e. The molecule has 0 aliphatic rings. The molecule has 0 bridgehead atoms. The maximum absolute atomic E-state index is 13.8. The Bertz CT molecular complexity index is 1700. The molecule has 0 fully saturated rings. The average Bonchev–Trinajstić information content (AvgIpc) is 3.12. The van der Waals surface area contributed by atoms with Gasteiger partial charge in [0.1, 0.15) is 19.3 Å². The Labute approximate surface area is 306 Å². The van der Waals surface area contributed by atoms with E-state index in [0.717, 1.165) is 22.4 Å². The summed E-state index contributed by atoms with van der Waals surface area (Å²) in [5.74, 6) is -0.698. The summed E-state index contributed by atoms with van der Waals surface area (Å²) in [5, 5.41) is 20.3. The number of benzene rings is 2. The highest BCUT2D eigenvalue weighted by molar-refractivity contribution is 5.86. The molecule has 4 aromatic rings. The molecule has 2 aromatic carbocycles. The molecule has 0 saturated carbocycles. The van der Waals surface area contributed by atoms with Gasteiger partial charge in [0.2, 0.25) is 5.91 Å². The highest BCUT2D eigenvalue weighted by Gasteiger charge is 2.30. The van der Waals surface area contributed by atoms with E-state index in [9.17, 15) is 19.5 Å². The molecule has 2 heterocycles. The zero-order chi connectivity index (χ0) is 37.5. The molecule has 1 unspecified atom stereocenters. The van der Waals surface area contributed by atoms with Crippen molar-refractivity contribution >= 4 is 18.1 Å². The number of alkyl carbamates (subject to hydrolysis) is 2. The first-order valence-electron chi connectivity index (χ1n) is 17.7. The Hall–Kier alpha value is -5.29. The summed E-state index contributed by atoms with van der Waals surface area (Å²) >= 11 is 0. The highest BCUT2D eigenvalue weighted by Crippen LogP contribution is 2.20. The standard InChI is InChI=1S/C41H51N5O6/c1-28(2)37(46-40(50)52-27-32-19-12-20-36(43-32)41(3,4)5)38(48)44-33(22-29-14-8-6-9-15-29)24-35(47)34(23-30-16-10-7-11-17-30)45-39(49)51-26-31-18-13-21-42-25-31/h6-21,25,28,33-35,37,47H,22-24,26-27H2,1-5H3,(H,44,48)(H,45,49)(H,46,50)/t33-,34-,35-,37?/m0/s1. The summed E-state index contributed by atoms with van der Waals surface area (Å²) < 4.78 is 10.9. The van der Waals surface area contributed by atoms with Crippen LogP contribution >= 0.6 is 0 Å². The molecule has 11 nitrogen and oxygen atoms in total. The fraction of sp³-hybridized carbons (Fsp3) is 0.390. The number of nitrogens with zero attached hydrogens (tertiary/aromatic N) is 2. The van der Waals surface area contributed by atoms with Gasteiger partial charge in [0, 0.05) is 35.1 Å². The van der Waals surface area contributed by atoms with Crippen LogP contribution in [0.1, 0.15) is 69.1 Å². The van der Waals surface area contributed by atoms with Crippen molar-refractivity contribution in [2.24, 2.45) is 5.92 Å². The van der Waals surface area contributed by atoms with E-state index in [-0.39, 0.29) is 31.0 Å². The van der Waals surface area contributed by atoms with Crippen molar-refractivity contribution in [2.75, 3.05) is 0 Å². The second kappa shape index (κ2) is 19.4. The van der Waals surface area contributed by atoms with Gasteiger partial charge in [-0.05, 0) is 54.5 Å². The van der Waals surface area contributed by atoms with Crippen LogP contribution in [0.5, 0.6) is 0 Å². The number of pyridine rings is 2. The van der Waals surface area contributed by atoms with Gasteiger partial charge in [0.25, 0.3) is 0 Å². The third-order valence-electron chi connectivity index (χ3n) is 8.51. The molecule has 52 heavy (non-hydrogen) atoms. The van der Waals surface area contributed by atoms with E-state index in [1.807, 2.05) is 86.6 Å². The van der Waals surface area contributed by atoms with Crippen LogP contribution in [0.3, 0.4) is 0 Å². The molecule has 4 rings (SSSR count). The van der Waals surface area contributed by atoms with Crippen molar-refractivity contribution in [1.82, 2.24) is 25.9 Å². The largest absolute Gasteiger partial charge is 0.445 e. The van der Waals surface area contributed by atoms with Gasteiger partial charge in [-0.1, -0.05) is 107 Å². The Balaban J connectivity index is 1.45. The Morgan fingerprint density at radius 1 is 0.731 bits per heavy atom. The van der Waals surface area contributed by atoms with Crippen molar-refractivity contribution in [1.29, 1.82) is 0 Å². The quantitative estimate of drug-likeness (QED) is 0.110. The molecule has 276 valence electrons. The van der Waals surface area contributed by atoms with E-state index in [1.165, 1.54) is 0 Å². The zero-order valence-electron chi connectivity index (χ0n) is 30.6. The lowest BCUT2D eigenvalue weighted by molar-refractivity contribution is -0.125. The molecule has 0 aliphatic carbocycles. The first kappa shape index (κ1) is 39.5. The molecule has 3 amide bonds. The lowest BCUT2D eigenvalue weighted by atomic mass is 9.91. The summed E-state index contributed by atoms with van der Waals surface area (Å²) in [4.78, 5) is 48.4. The average molecular weight is 710 g/mol. The molecule has 0 aliphatic heterocycles. The van der Waals surface area contributed by atoms with Gasteiger partial charge in [-0.15, -0.1) is 0 Å². The third-order valence-corrected chi connectivity index (χ3v) is 8.51. The fourth-order valence-electron chi connectivity index (χ4n) is 5.64. The van der Waals surface area contributed by atoms with Gasteiger partial charge in [0.15, 0.2) is 0 Å². The first-order valence-corrected chi connectivity index (χ1v) is 17.7. The first-order chi connectivity index (χ1) is 24.9. The molecule has 0 radical (unpaired) electrons. The number of hydrogen-bond donors (Lipinski definition) is 4. The molecule has 4 N–H and O–H groups in total. The Morgan fingerprint density at radius 2 is 1.35 bits per heavy atom. The minimum absolute atomic E-state index is 0.0202. The second-order valence-corrected chi connectivity index (χ2v) is 14.3. The van der Waals surface area contributed by atoms with Crippen molar-refractivity contribution in [3.05, 3.63) is 131 Å². The van der Waals surface area contributed by atoms with Crippen LogP contribution < -0.4 is 16.0 Å². The SMILES string of the molecule is CC(C)C(NC(=O)OCc1cccc(C(C)(C)C)n1)C(=O)N[C@@H](Cc1ccccc1)C[C@H](O)[C@H](Cc1ccccc1)NC(=O)OCc1cccnc1. The van der Waals surface area contributed by atoms with E-state index in [1.54, 1.807) is 30.6 Å². The molecular weight excluding hydrogens is 658 g/mol. The van der Waals surface area contributed by atoms with Gasteiger partial charge in [-0.2, -0.15) is 0 Å². The summed E-state index contributed by atoms with van der Waals surface area (Å²) in [6, 6.07) is 26.1. The van der Waals surface area contributed by atoms with Crippen LogP contribution in [0.2, 0.25) is 0 Å². The van der Waals surface area contributed by atoms with E-state index in [4.69, 9.17) is 9.47 Å². The number of hydrogen-bond acceptors (Lipinski definition) is 8. The fourth-order valence-corrected chi connectivity index (χ4v) is 5.64. The van der Waals surface area contributed by atoms with Crippen LogP contribution in [0.25, 0.3) is 0 Å². The molecule has 11 heteroatoms. The monoisotopic (exact) mass is 709 g/mol. The summed E-state index contributed by atoms with van der Waals surface area (Å²) in [5.41, 5.74) is 3.90. The van der Waals surface area contributed by atoms with Gasteiger partial charge >= 0.3 is 12.2 Å². The lowest BCUT2D eigenvalue weighted by Crippen LogP contribution is -2.54. The van der Waals surface area contributed by atoms with E-state index in [0.29, 0.717) is 18.5 Å². The van der Waals surface area contributed by atoms with Crippen LogP contribution in [0.4, 0.5) is 9.59 Å². The third kappa shape index (κ3) is 13.1. The maximum atomic E-state index is 13.8. The number of aliphatic hydroxyl groups is 1. The lowest BCUT2D eigenvalue weighted by Gasteiger charge is -2.30. The van der Waals surface area contributed by atoms with Crippen LogP contribution in [-0.4, -0.2) is 57.4 Å². The zero-order valence-corrected chi connectivity index (χ0v) is 30.6. The summed E-state index contributed by atoms with van der Waals surface area (Å²) in [6.07, 6.45) is 1.58. The summed E-state index contributed by atoms with van der Waals surface area (Å²) in [6.45, 7) is 9.80. The number of aromatic nitrogens is 2. The van der Waals surface area contributed by atoms with E-state index >= 15 is 0 Å². The molecule has 0 spiro atoms. The van der Waals surface area contributed by atoms with Gasteiger partial charge in [0.05, 0.1) is 17.8 Å². The van der Waals surface area contributed by atoms with Crippen LogP contribution in [-0.2, 0) is 45.7 Å². The van der Waals surface area contributed by atoms with Crippen LogP contribution in [0, 0.1) is 5.92 Å². The second-order valence-electron chi connectivity index (χ2n) is 14.3. The highest BCUT2D eigenvalue weighted by atomic mass is 16.6. The van der Waals surface area contributed by atoms with Crippen molar-refractivity contribution < 1.29 is 29.0 Å². The number of amides is 3. The number of aliphatic hydroxyl groups excluding tert-OH is 1.